The van der Waals surface area contributed by atoms with Crippen molar-refractivity contribution in [2.45, 2.75) is 5.33 Å². The molecular weight excluding hydrogens is 275 g/mol. The lowest BCUT2D eigenvalue weighted by Crippen LogP contribution is -1.88. The van der Waals surface area contributed by atoms with E-state index in [0.29, 0.717) is 5.15 Å². The highest BCUT2D eigenvalue weighted by molar-refractivity contribution is 9.08. The molecular formula is C11H8BrClN2. The van der Waals surface area contributed by atoms with Crippen LogP contribution in [-0.2, 0) is 5.33 Å². The van der Waals surface area contributed by atoms with Crippen molar-refractivity contribution < 1.29 is 0 Å². The third-order valence-corrected chi connectivity index (χ3v) is 2.98. The van der Waals surface area contributed by atoms with Crippen molar-refractivity contribution in [2.24, 2.45) is 0 Å². The summed E-state index contributed by atoms with van der Waals surface area (Å²) in [6.45, 7) is 0. The first-order valence-corrected chi connectivity index (χ1v) is 5.93. The number of alkyl halides is 1. The minimum absolute atomic E-state index is 0.543. The van der Waals surface area contributed by atoms with Crippen molar-refractivity contribution in [3.8, 4) is 11.3 Å². The fraction of sp³-hybridized carbons (Fsp3) is 0.0909. The van der Waals surface area contributed by atoms with Crippen molar-refractivity contribution in [3.05, 3.63) is 47.4 Å². The van der Waals surface area contributed by atoms with Gasteiger partial charge in [0, 0.05) is 28.9 Å². The molecule has 0 aliphatic carbocycles. The van der Waals surface area contributed by atoms with Crippen LogP contribution >= 0.6 is 27.5 Å². The average Bonchev–Trinajstić information content (AvgIpc) is 2.30. The van der Waals surface area contributed by atoms with Gasteiger partial charge in [0.25, 0.3) is 0 Å². The maximum atomic E-state index is 6.02. The molecule has 0 saturated heterocycles. The lowest BCUT2D eigenvalue weighted by atomic mass is 10.1. The fourth-order valence-corrected chi connectivity index (χ4v) is 2.08. The molecule has 4 heteroatoms. The van der Waals surface area contributed by atoms with Crippen LogP contribution in [0.5, 0.6) is 0 Å². The summed E-state index contributed by atoms with van der Waals surface area (Å²) in [6, 6.07) is 7.75. The summed E-state index contributed by atoms with van der Waals surface area (Å²) >= 11 is 9.38. The Morgan fingerprint density at radius 1 is 1.13 bits per heavy atom. The molecule has 0 aliphatic rings. The predicted octanol–water partition coefficient (Wildman–Crippen LogP) is 3.69. The van der Waals surface area contributed by atoms with Gasteiger partial charge in [-0.05, 0) is 18.2 Å². The molecule has 0 aliphatic heterocycles. The van der Waals surface area contributed by atoms with E-state index in [1.54, 1.807) is 12.4 Å². The normalized spacial score (nSPS) is 10.3. The maximum absolute atomic E-state index is 6.02. The van der Waals surface area contributed by atoms with Gasteiger partial charge in [0.05, 0.1) is 5.69 Å². The van der Waals surface area contributed by atoms with E-state index in [4.69, 9.17) is 11.6 Å². The second kappa shape index (κ2) is 4.73. The largest absolute Gasteiger partial charge is 0.265 e. The monoisotopic (exact) mass is 282 g/mol. The van der Waals surface area contributed by atoms with Crippen LogP contribution in [0.2, 0.25) is 5.15 Å². The van der Waals surface area contributed by atoms with Crippen LogP contribution < -0.4 is 0 Å². The zero-order chi connectivity index (χ0) is 10.7. The lowest BCUT2D eigenvalue weighted by Gasteiger charge is -2.03. The highest BCUT2D eigenvalue weighted by Gasteiger charge is 2.03. The Hall–Kier alpha value is -0.930. The molecule has 76 valence electrons. The zero-order valence-electron chi connectivity index (χ0n) is 7.82. The fourth-order valence-electron chi connectivity index (χ4n) is 1.25. The molecule has 0 N–H and O–H groups in total. The first-order chi connectivity index (χ1) is 7.31. The first kappa shape index (κ1) is 10.6. The quantitative estimate of drug-likeness (QED) is 0.620. The third kappa shape index (κ3) is 2.36. The maximum Gasteiger partial charge on any atom is 0.133 e. The minimum Gasteiger partial charge on any atom is -0.265 e. The van der Waals surface area contributed by atoms with Gasteiger partial charge in [0.1, 0.15) is 5.15 Å². The average molecular weight is 284 g/mol. The van der Waals surface area contributed by atoms with E-state index in [2.05, 4.69) is 25.9 Å². The SMILES string of the molecule is Clc1nc(-c2ccncc2)ccc1CBr. The number of pyridine rings is 2. The van der Waals surface area contributed by atoms with Crippen molar-refractivity contribution in [1.82, 2.24) is 9.97 Å². The van der Waals surface area contributed by atoms with Crippen LogP contribution in [0.15, 0.2) is 36.7 Å². The Morgan fingerprint density at radius 2 is 1.87 bits per heavy atom. The lowest BCUT2D eigenvalue weighted by molar-refractivity contribution is 1.25. The molecule has 2 rings (SSSR count). The highest BCUT2D eigenvalue weighted by Crippen LogP contribution is 2.22. The van der Waals surface area contributed by atoms with Crippen LogP contribution in [-0.4, -0.2) is 9.97 Å². The highest BCUT2D eigenvalue weighted by atomic mass is 79.9. The molecule has 15 heavy (non-hydrogen) atoms. The Morgan fingerprint density at radius 3 is 2.47 bits per heavy atom. The summed E-state index contributed by atoms with van der Waals surface area (Å²) < 4.78 is 0. The molecule has 2 aromatic rings. The number of nitrogens with zero attached hydrogens (tertiary/aromatic N) is 2. The molecule has 0 unspecified atom stereocenters. The summed E-state index contributed by atoms with van der Waals surface area (Å²) in [5, 5.41) is 1.26. The van der Waals surface area contributed by atoms with Crippen molar-refractivity contribution >= 4 is 27.5 Å². The molecule has 2 aromatic heterocycles. The number of hydrogen-bond acceptors (Lipinski definition) is 2. The van der Waals surface area contributed by atoms with Gasteiger partial charge in [0.15, 0.2) is 0 Å². The molecule has 0 bridgehead atoms. The second-order valence-electron chi connectivity index (χ2n) is 3.02. The molecule has 2 nitrogen and oxygen atoms in total. The molecule has 0 aromatic carbocycles. The van der Waals surface area contributed by atoms with Crippen LogP contribution in [0.25, 0.3) is 11.3 Å². The van der Waals surface area contributed by atoms with Gasteiger partial charge in [-0.25, -0.2) is 4.98 Å². The van der Waals surface area contributed by atoms with E-state index in [1.807, 2.05) is 24.3 Å². The number of aromatic nitrogens is 2. The summed E-state index contributed by atoms with van der Waals surface area (Å²) in [5.41, 5.74) is 2.88. The Labute approximate surface area is 101 Å². The number of halogens is 2. The molecule has 0 amide bonds. The van der Waals surface area contributed by atoms with Gasteiger partial charge >= 0.3 is 0 Å². The van der Waals surface area contributed by atoms with E-state index in [0.717, 1.165) is 22.2 Å². The third-order valence-electron chi connectivity index (χ3n) is 2.05. The van der Waals surface area contributed by atoms with Crippen LogP contribution in [0.1, 0.15) is 5.56 Å². The zero-order valence-corrected chi connectivity index (χ0v) is 10.2. The molecule has 0 atom stereocenters. The summed E-state index contributed by atoms with van der Waals surface area (Å²) in [4.78, 5) is 8.28. The van der Waals surface area contributed by atoms with E-state index >= 15 is 0 Å². The van der Waals surface area contributed by atoms with Gasteiger partial charge < -0.3 is 0 Å². The van der Waals surface area contributed by atoms with Gasteiger partial charge in [-0.2, -0.15) is 0 Å². The summed E-state index contributed by atoms with van der Waals surface area (Å²) in [7, 11) is 0. The van der Waals surface area contributed by atoms with E-state index in [1.165, 1.54) is 0 Å². The van der Waals surface area contributed by atoms with E-state index in [-0.39, 0.29) is 0 Å². The molecule has 0 fully saturated rings. The summed E-state index contributed by atoms with van der Waals surface area (Å²) in [6.07, 6.45) is 3.48. The minimum atomic E-state index is 0.543. The summed E-state index contributed by atoms with van der Waals surface area (Å²) in [5.74, 6) is 0. The Kier molecular flexibility index (Phi) is 3.34. The van der Waals surface area contributed by atoms with Crippen molar-refractivity contribution in [1.29, 1.82) is 0 Å². The van der Waals surface area contributed by atoms with Gasteiger partial charge in [0.2, 0.25) is 0 Å². The first-order valence-electron chi connectivity index (χ1n) is 4.43. The van der Waals surface area contributed by atoms with Crippen molar-refractivity contribution in [2.75, 3.05) is 0 Å². The van der Waals surface area contributed by atoms with Crippen LogP contribution in [0.3, 0.4) is 0 Å². The van der Waals surface area contributed by atoms with Gasteiger partial charge in [-0.1, -0.05) is 33.6 Å². The van der Waals surface area contributed by atoms with E-state index < -0.39 is 0 Å². The van der Waals surface area contributed by atoms with Gasteiger partial charge in [-0.15, -0.1) is 0 Å². The molecule has 2 heterocycles. The standard InChI is InChI=1S/C11H8BrClN2/c12-7-9-1-2-10(15-11(9)13)8-3-5-14-6-4-8/h1-6H,7H2. The predicted molar refractivity (Wildman–Crippen MR) is 65.1 cm³/mol. The van der Waals surface area contributed by atoms with E-state index in [9.17, 15) is 0 Å². The van der Waals surface area contributed by atoms with Crippen LogP contribution in [0.4, 0.5) is 0 Å². The topological polar surface area (TPSA) is 25.8 Å². The van der Waals surface area contributed by atoms with Crippen molar-refractivity contribution in [3.63, 3.8) is 0 Å². The molecule has 0 saturated carbocycles. The Bertz CT molecular complexity index is 459. The smallest absolute Gasteiger partial charge is 0.133 e. The van der Waals surface area contributed by atoms with Gasteiger partial charge in [-0.3, -0.25) is 4.98 Å². The molecule has 0 radical (unpaired) electrons. The van der Waals surface area contributed by atoms with Crippen LogP contribution in [0, 0.1) is 0 Å². The second-order valence-corrected chi connectivity index (χ2v) is 3.93. The molecule has 0 spiro atoms. The number of hydrogen-bond donors (Lipinski definition) is 0. The number of rotatable bonds is 2. The Balaban J connectivity index is 2.43.